The second kappa shape index (κ2) is 39.0. The number of hydrogen-bond donors (Lipinski definition) is 1. The number of unbranched alkanes of at least 4 members (excludes halogenated alkanes) is 14. The molecule has 1 N–H and O–H groups in total. The van der Waals surface area contributed by atoms with Gasteiger partial charge in [0.25, 0.3) is 0 Å². The van der Waals surface area contributed by atoms with Crippen molar-refractivity contribution < 1.29 is 33.8 Å². The summed E-state index contributed by atoms with van der Waals surface area (Å²) in [5, 5.41) is 0. The van der Waals surface area contributed by atoms with Crippen LogP contribution in [0, 0.1) is 10.2 Å². The number of rotatable bonds is 30. The summed E-state index contributed by atoms with van der Waals surface area (Å²) in [7, 11) is -4.94. The van der Waals surface area contributed by atoms with Gasteiger partial charge in [0, 0.05) is 116 Å². The number of aromatic nitrogens is 2. The van der Waals surface area contributed by atoms with E-state index in [9.17, 15) is 0 Å². The number of quaternary nitrogens is 1. The second-order valence-corrected chi connectivity index (χ2v) is 19.1. The summed E-state index contributed by atoms with van der Waals surface area (Å²) in [4.78, 5) is 17.1. The fourth-order valence-electron chi connectivity index (χ4n) is 8.23. The third kappa shape index (κ3) is 26.6. The topological polar surface area (TPSA) is 132 Å². The van der Waals surface area contributed by atoms with Crippen molar-refractivity contribution in [1.29, 1.82) is 0 Å². The Morgan fingerprint density at radius 3 is 0.789 bits per heavy atom. The van der Waals surface area contributed by atoms with Gasteiger partial charge in [-0.1, -0.05) is 158 Å². The molecule has 0 fully saturated rings. The van der Waals surface area contributed by atoms with Crippen molar-refractivity contribution in [3.63, 3.8) is 0 Å². The molecule has 0 saturated heterocycles. The number of benzene rings is 3. The van der Waals surface area contributed by atoms with E-state index in [0.29, 0.717) is 0 Å². The van der Waals surface area contributed by atoms with Gasteiger partial charge in [0.15, 0.2) is 0 Å². The largest absolute Gasteiger partial charge is 0.372 e. The number of hydrogen-bond acceptors (Lipinski definition) is 9. The maximum Gasteiger partial charge on any atom is 0.141 e. The van der Waals surface area contributed by atoms with Crippen LogP contribution in [0.2, 0.25) is 0 Å². The number of nitrogens with one attached hydrogen (secondary N) is 1. The molecule has 5 rings (SSSR count). The van der Waals surface area contributed by atoms with Crippen molar-refractivity contribution >= 4 is 45.5 Å². The predicted octanol–water partition coefficient (Wildman–Crippen LogP) is 12.9. The van der Waals surface area contributed by atoms with Gasteiger partial charge in [0.1, 0.15) is 17.1 Å². The first-order valence-corrected chi connectivity index (χ1v) is 28.6. The van der Waals surface area contributed by atoms with Crippen molar-refractivity contribution in [1.82, 2.24) is 9.97 Å². The predicted molar refractivity (Wildman–Crippen MR) is 292 cm³/mol. The third-order valence-corrected chi connectivity index (χ3v) is 12.3. The zero-order valence-corrected chi connectivity index (χ0v) is 46.0. The van der Waals surface area contributed by atoms with Crippen molar-refractivity contribution in [2.24, 2.45) is 0 Å². The summed E-state index contributed by atoms with van der Waals surface area (Å²) in [5.74, 6) is 0. The minimum absolute atomic E-state index is 1.06. The fraction of sp³-hybridized carbons (Fsp3) is 0.533. The highest BCUT2D eigenvalue weighted by molar-refractivity contribution is 5.76. The second-order valence-electron chi connectivity index (χ2n) is 18.4. The quantitative estimate of drug-likeness (QED) is 0.0447. The Morgan fingerprint density at radius 1 is 0.324 bits per heavy atom. The molecule has 0 aliphatic carbocycles. The van der Waals surface area contributed by atoms with E-state index in [-0.39, 0.29) is 0 Å². The Kier molecular flexibility index (Phi) is 34.4. The van der Waals surface area contributed by atoms with Crippen LogP contribution in [0.4, 0.5) is 45.5 Å². The highest BCUT2D eigenvalue weighted by Crippen LogP contribution is 2.34. The Bertz CT molecular complexity index is 1820. The van der Waals surface area contributed by atoms with E-state index in [1.165, 1.54) is 162 Å². The van der Waals surface area contributed by atoms with Crippen molar-refractivity contribution in [2.75, 3.05) is 40.9 Å². The van der Waals surface area contributed by atoms with E-state index >= 15 is 0 Å². The van der Waals surface area contributed by atoms with E-state index in [0.717, 1.165) is 43.2 Å². The molecule has 0 radical (unpaired) electrons. The molecule has 2 aromatic heterocycles. The molecule has 71 heavy (non-hydrogen) atoms. The Labute approximate surface area is 433 Å². The highest BCUT2D eigenvalue weighted by atomic mass is 35.7. The molecule has 0 aliphatic heterocycles. The number of halogens is 1. The molecule has 5 aromatic rings. The molecule has 0 saturated carbocycles. The molecule has 0 unspecified atom stereocenters. The van der Waals surface area contributed by atoms with E-state index < -0.39 is 10.2 Å². The average molecular weight is 998 g/mol. The van der Waals surface area contributed by atoms with Crippen LogP contribution >= 0.6 is 0 Å². The lowest BCUT2D eigenvalue weighted by Gasteiger charge is -2.27. The molecule has 0 amide bonds. The summed E-state index contributed by atoms with van der Waals surface area (Å²) >= 11 is 0. The zero-order chi connectivity index (χ0) is 52.0. The standard InChI is InChI=1S/C44H56N6.2C8H18.ClHO4/c1-5-9-33-47(34-10-6-2)37-13-17-39(18-14-37)49(40-19-15-38(16-20-40)48(35-11-7-3)36-12-8-4)41-21-23-42(24-22-41)50(43-25-29-45-30-26-43)44-27-31-46-32-28-44;2*1-3-5-7-8-6-4-2;2-1(3,4)5/h13-32H,5-12,33-36H2,1-4H3;2*3-8H2,1-2H3;(H,2,3,4,5). The van der Waals surface area contributed by atoms with Gasteiger partial charge in [-0.05, 0) is 86.3 Å². The molecule has 0 bridgehead atoms. The third-order valence-electron chi connectivity index (χ3n) is 12.3. The van der Waals surface area contributed by atoms with Crippen LogP contribution in [-0.2, 0) is 0 Å². The highest BCUT2D eigenvalue weighted by Gasteiger charge is 2.22. The van der Waals surface area contributed by atoms with Crippen LogP contribution < -0.4 is 38.2 Å². The molecule has 0 aliphatic rings. The molecule has 3 aromatic carbocycles. The first kappa shape index (κ1) is 62.6. The summed E-state index contributed by atoms with van der Waals surface area (Å²) in [6.45, 7) is 22.5. The first-order valence-electron chi connectivity index (χ1n) is 27.4. The van der Waals surface area contributed by atoms with Gasteiger partial charge in [0.2, 0.25) is 0 Å². The Morgan fingerprint density at radius 2 is 0.549 bits per heavy atom. The minimum atomic E-state index is -4.94. The van der Waals surface area contributed by atoms with Gasteiger partial charge in [-0.15, -0.1) is 10.2 Å². The van der Waals surface area contributed by atoms with E-state index in [4.69, 9.17) is 18.6 Å². The van der Waals surface area contributed by atoms with Crippen molar-refractivity contribution in [3.05, 3.63) is 122 Å². The lowest BCUT2D eigenvalue weighted by molar-refractivity contribution is -2.00. The molecule has 11 heteroatoms. The zero-order valence-electron chi connectivity index (χ0n) is 45.3. The van der Waals surface area contributed by atoms with E-state index in [1.54, 1.807) is 0 Å². The summed E-state index contributed by atoms with van der Waals surface area (Å²) < 4.78 is 34.0. The van der Waals surface area contributed by atoms with Gasteiger partial charge in [-0.25, -0.2) is 23.5 Å². The monoisotopic (exact) mass is 997 g/mol. The molecule has 2 heterocycles. The Balaban J connectivity index is 0.000000685. The average Bonchev–Trinajstić information content (AvgIpc) is 3.38. The summed E-state index contributed by atoms with van der Waals surface area (Å²) in [6, 6.07) is 35.8. The fourth-order valence-corrected chi connectivity index (χ4v) is 8.23. The smallest absolute Gasteiger partial charge is 0.141 e. The number of pyridine rings is 2. The maximum absolute atomic E-state index is 8.49. The first-order chi connectivity index (χ1) is 34.5. The van der Waals surface area contributed by atoms with Crippen LogP contribution in [0.5, 0.6) is 0 Å². The normalized spacial score (nSPS) is 10.9. The van der Waals surface area contributed by atoms with Crippen LogP contribution in [0.3, 0.4) is 0 Å². The van der Waals surface area contributed by atoms with Crippen molar-refractivity contribution in [2.45, 2.75) is 184 Å². The minimum Gasteiger partial charge on any atom is -0.372 e. The molecular weight excluding hydrogens is 904 g/mol. The molecule has 10 nitrogen and oxygen atoms in total. The van der Waals surface area contributed by atoms with Gasteiger partial charge in [0.05, 0.1) is 0 Å². The molecule has 394 valence electrons. The van der Waals surface area contributed by atoms with E-state index in [2.05, 4.69) is 153 Å². The lowest BCUT2D eigenvalue weighted by atomic mass is 10.1. The van der Waals surface area contributed by atoms with Crippen LogP contribution in [0.15, 0.2) is 122 Å². The lowest BCUT2D eigenvalue weighted by Crippen LogP contribution is -2.96. The molecule has 0 spiro atoms. The van der Waals surface area contributed by atoms with Crippen molar-refractivity contribution in [3.8, 4) is 0 Å². The summed E-state index contributed by atoms with van der Waals surface area (Å²) in [6.07, 6.45) is 34.0. The Hall–Kier alpha value is -4.55. The molecule has 0 atom stereocenters. The maximum atomic E-state index is 8.49. The number of anilines is 5. The van der Waals surface area contributed by atoms with Gasteiger partial charge in [-0.2, -0.15) is 0 Å². The van der Waals surface area contributed by atoms with Gasteiger partial charge in [-0.3, -0.25) is 9.97 Å². The van der Waals surface area contributed by atoms with Gasteiger partial charge < -0.3 is 14.7 Å². The van der Waals surface area contributed by atoms with Gasteiger partial charge >= 0.3 is 0 Å². The van der Waals surface area contributed by atoms with E-state index in [1.807, 2.05) is 49.1 Å². The van der Waals surface area contributed by atoms with Crippen LogP contribution in [-0.4, -0.2) is 36.1 Å². The van der Waals surface area contributed by atoms with Crippen LogP contribution in [0.25, 0.3) is 0 Å². The SMILES string of the molecule is CCCCCCCC.CCCCCCCC.CCCCN(CCCC)c1ccc([NH+](c2ccc(N(CCCC)CCCC)cc2)c2ccc(N(c3ccncc3)c3ccncc3)cc2)cc1.[O-][Cl+3]([O-])([O-])[O-]. The summed E-state index contributed by atoms with van der Waals surface area (Å²) in [5.41, 5.74) is 9.48. The molecular formula is C60H93ClN6O4. The van der Waals surface area contributed by atoms with Crippen LogP contribution in [0.1, 0.15) is 184 Å². The number of nitrogens with zero attached hydrogens (tertiary/aromatic N) is 5.